The lowest BCUT2D eigenvalue weighted by molar-refractivity contribution is 0.503. The summed E-state index contributed by atoms with van der Waals surface area (Å²) >= 11 is 3.43. The second-order valence-corrected chi connectivity index (χ2v) is 4.79. The zero-order chi connectivity index (χ0) is 12.8. The van der Waals surface area contributed by atoms with E-state index < -0.39 is 0 Å². The van der Waals surface area contributed by atoms with Gasteiger partial charge >= 0.3 is 0 Å². The van der Waals surface area contributed by atoms with Gasteiger partial charge in [0, 0.05) is 17.3 Å². The van der Waals surface area contributed by atoms with Crippen LogP contribution in [0.25, 0.3) is 0 Å². The Labute approximate surface area is 114 Å². The lowest BCUT2D eigenvalue weighted by Crippen LogP contribution is -2.02. The number of aromatic nitrogens is 4. The lowest BCUT2D eigenvalue weighted by Gasteiger charge is -1.97. The molecule has 0 bridgehead atoms. The van der Waals surface area contributed by atoms with E-state index in [1.54, 1.807) is 4.80 Å². The third-order valence-corrected chi connectivity index (χ3v) is 2.89. The molecule has 1 heterocycles. The Morgan fingerprint density at radius 3 is 3.06 bits per heavy atom. The molecule has 0 aliphatic heterocycles. The number of nitrogens with zero attached hydrogens (tertiary/aromatic N) is 5. The van der Waals surface area contributed by atoms with Crippen LogP contribution in [0.4, 0.5) is 0 Å². The number of aryl methyl sites for hydroxylation is 1. The minimum atomic E-state index is 0.516. The lowest BCUT2D eigenvalue weighted by atomic mass is 10.1. The number of hydrogen-bond acceptors (Lipinski definition) is 4. The normalized spacial score (nSPS) is 10.2. The first-order chi connectivity index (χ1) is 8.78. The molecule has 0 saturated heterocycles. The average molecular weight is 306 g/mol. The van der Waals surface area contributed by atoms with E-state index in [0.29, 0.717) is 25.2 Å². The highest BCUT2D eigenvalue weighted by Gasteiger charge is 2.04. The highest BCUT2D eigenvalue weighted by molar-refractivity contribution is 9.10. The van der Waals surface area contributed by atoms with Crippen LogP contribution in [0.3, 0.4) is 0 Å². The molecule has 1 aromatic carbocycles. The van der Waals surface area contributed by atoms with Gasteiger partial charge in [-0.1, -0.05) is 28.1 Å². The topological polar surface area (TPSA) is 67.4 Å². The van der Waals surface area contributed by atoms with Gasteiger partial charge in [-0.15, -0.1) is 10.2 Å². The van der Waals surface area contributed by atoms with Crippen LogP contribution in [-0.2, 0) is 13.0 Å². The van der Waals surface area contributed by atoms with Crippen LogP contribution in [0, 0.1) is 11.3 Å². The molecule has 0 aliphatic rings. The van der Waals surface area contributed by atoms with Crippen molar-refractivity contribution in [3.05, 3.63) is 40.1 Å². The third-order valence-electron chi connectivity index (χ3n) is 2.39. The summed E-state index contributed by atoms with van der Waals surface area (Å²) in [6.07, 6.45) is 1.93. The van der Waals surface area contributed by atoms with Crippen molar-refractivity contribution in [1.82, 2.24) is 20.2 Å². The minimum Gasteiger partial charge on any atom is -0.198 e. The van der Waals surface area contributed by atoms with Crippen molar-refractivity contribution in [2.75, 3.05) is 0 Å². The minimum absolute atomic E-state index is 0.516. The van der Waals surface area contributed by atoms with E-state index in [-0.39, 0.29) is 0 Å². The number of hydrogen-bond donors (Lipinski definition) is 0. The fraction of sp³-hybridized carbons (Fsp3) is 0.333. The Kier molecular flexibility index (Phi) is 4.42. The van der Waals surface area contributed by atoms with E-state index in [2.05, 4.69) is 37.4 Å². The maximum absolute atomic E-state index is 8.45. The first kappa shape index (κ1) is 12.7. The van der Waals surface area contributed by atoms with Crippen LogP contribution in [0.2, 0.25) is 0 Å². The van der Waals surface area contributed by atoms with E-state index in [1.165, 1.54) is 0 Å². The number of rotatable bonds is 5. The van der Waals surface area contributed by atoms with Crippen molar-refractivity contribution in [1.29, 1.82) is 5.26 Å². The van der Waals surface area contributed by atoms with Gasteiger partial charge in [-0.2, -0.15) is 10.1 Å². The molecule has 0 saturated carbocycles. The standard InChI is InChI=1S/C12H12BrN5/c13-11-5-3-4-10(8-11)9-12-15-17-18(16-12)7-2-1-6-14/h3-5,8H,1-2,7,9H2. The molecule has 0 unspecified atom stereocenters. The maximum atomic E-state index is 8.45. The van der Waals surface area contributed by atoms with Gasteiger partial charge in [0.05, 0.1) is 12.6 Å². The van der Waals surface area contributed by atoms with E-state index in [1.807, 2.05) is 24.3 Å². The molecule has 0 aliphatic carbocycles. The van der Waals surface area contributed by atoms with Gasteiger partial charge in [0.1, 0.15) is 0 Å². The predicted octanol–water partition coefficient (Wildman–Crippen LogP) is 2.33. The fourth-order valence-corrected chi connectivity index (χ4v) is 2.02. The summed E-state index contributed by atoms with van der Waals surface area (Å²) < 4.78 is 1.04. The van der Waals surface area contributed by atoms with Crippen LogP contribution < -0.4 is 0 Å². The molecular weight excluding hydrogens is 294 g/mol. The number of nitriles is 1. The number of tetrazole rings is 1. The van der Waals surface area contributed by atoms with Gasteiger partial charge in [0.25, 0.3) is 0 Å². The van der Waals surface area contributed by atoms with Gasteiger partial charge in [0.2, 0.25) is 0 Å². The Balaban J connectivity index is 1.96. The molecule has 0 radical (unpaired) electrons. The van der Waals surface area contributed by atoms with Crippen molar-refractivity contribution < 1.29 is 0 Å². The van der Waals surface area contributed by atoms with Crippen LogP contribution in [0.15, 0.2) is 28.7 Å². The highest BCUT2D eigenvalue weighted by Crippen LogP contribution is 2.13. The first-order valence-corrected chi connectivity index (χ1v) is 6.45. The Morgan fingerprint density at radius 1 is 1.39 bits per heavy atom. The second-order valence-electron chi connectivity index (χ2n) is 3.87. The molecule has 6 heteroatoms. The van der Waals surface area contributed by atoms with Crippen LogP contribution in [0.5, 0.6) is 0 Å². The number of unbranched alkanes of at least 4 members (excludes halogenated alkanes) is 1. The van der Waals surface area contributed by atoms with Crippen LogP contribution in [-0.4, -0.2) is 20.2 Å². The smallest absolute Gasteiger partial charge is 0.179 e. The molecule has 92 valence electrons. The monoisotopic (exact) mass is 305 g/mol. The average Bonchev–Trinajstić information content (AvgIpc) is 2.77. The quantitative estimate of drug-likeness (QED) is 0.795. The van der Waals surface area contributed by atoms with E-state index in [9.17, 15) is 0 Å². The Hall–Kier alpha value is -1.74. The molecular formula is C12H12BrN5. The predicted molar refractivity (Wildman–Crippen MR) is 69.6 cm³/mol. The van der Waals surface area contributed by atoms with Gasteiger partial charge < -0.3 is 0 Å². The zero-order valence-corrected chi connectivity index (χ0v) is 11.3. The third kappa shape index (κ3) is 3.64. The molecule has 2 aromatic rings. The van der Waals surface area contributed by atoms with Crippen LogP contribution >= 0.6 is 15.9 Å². The summed E-state index contributed by atoms with van der Waals surface area (Å²) in [5.41, 5.74) is 1.14. The van der Waals surface area contributed by atoms with Gasteiger partial charge in [0.15, 0.2) is 5.82 Å². The summed E-state index contributed by atoms with van der Waals surface area (Å²) in [6.45, 7) is 0.638. The molecule has 0 amide bonds. The van der Waals surface area contributed by atoms with E-state index >= 15 is 0 Å². The number of halogens is 1. The molecule has 0 N–H and O–H groups in total. The molecule has 1 aromatic heterocycles. The van der Waals surface area contributed by atoms with Crippen molar-refractivity contribution >= 4 is 15.9 Å². The Morgan fingerprint density at radius 2 is 2.28 bits per heavy atom. The van der Waals surface area contributed by atoms with E-state index in [4.69, 9.17) is 5.26 Å². The molecule has 18 heavy (non-hydrogen) atoms. The molecule has 0 spiro atoms. The van der Waals surface area contributed by atoms with Crippen molar-refractivity contribution in [2.24, 2.45) is 0 Å². The van der Waals surface area contributed by atoms with Crippen molar-refractivity contribution in [3.8, 4) is 6.07 Å². The molecule has 5 nitrogen and oxygen atoms in total. The highest BCUT2D eigenvalue weighted by atomic mass is 79.9. The molecule has 0 fully saturated rings. The summed E-state index contributed by atoms with van der Waals surface area (Å²) in [5.74, 6) is 0.699. The van der Waals surface area contributed by atoms with Gasteiger partial charge in [-0.05, 0) is 29.3 Å². The maximum Gasteiger partial charge on any atom is 0.179 e. The summed E-state index contributed by atoms with van der Waals surface area (Å²) in [7, 11) is 0. The Bertz CT molecular complexity index is 558. The zero-order valence-electron chi connectivity index (χ0n) is 9.75. The SMILES string of the molecule is N#CCCCn1nnc(Cc2cccc(Br)c2)n1. The van der Waals surface area contributed by atoms with Crippen molar-refractivity contribution in [3.63, 3.8) is 0 Å². The van der Waals surface area contributed by atoms with E-state index in [0.717, 1.165) is 16.5 Å². The second kappa shape index (κ2) is 6.26. The largest absolute Gasteiger partial charge is 0.198 e. The van der Waals surface area contributed by atoms with Crippen LogP contribution in [0.1, 0.15) is 24.2 Å². The molecule has 0 atom stereocenters. The van der Waals surface area contributed by atoms with Gasteiger partial charge in [-0.3, -0.25) is 0 Å². The molecule has 2 rings (SSSR count). The number of benzene rings is 1. The van der Waals surface area contributed by atoms with Gasteiger partial charge in [-0.25, -0.2) is 0 Å². The summed E-state index contributed by atoms with van der Waals surface area (Å²) in [4.78, 5) is 1.55. The summed E-state index contributed by atoms with van der Waals surface area (Å²) in [6, 6.07) is 10.1. The summed E-state index contributed by atoms with van der Waals surface area (Å²) in [5, 5.41) is 20.7. The van der Waals surface area contributed by atoms with Crippen molar-refractivity contribution in [2.45, 2.75) is 25.8 Å². The fourth-order valence-electron chi connectivity index (χ4n) is 1.57. The first-order valence-electron chi connectivity index (χ1n) is 5.66.